The standard InChI is InChI=1S/C21H30N4O2S/c1-4-23(5-2)11-12-25-20(27)17-9-8-16(13-18(17)22-21(25)28)19(26)24-10-6-7-15(3)14-24/h8-9,13,15H,4-7,10-12,14H2,1-3H3,(H,22,28). The second kappa shape index (κ2) is 9.01. The first kappa shape index (κ1) is 20.7. The quantitative estimate of drug-likeness (QED) is 0.754. The van der Waals surface area contributed by atoms with Gasteiger partial charge >= 0.3 is 0 Å². The number of benzene rings is 1. The average Bonchev–Trinajstić information content (AvgIpc) is 2.69. The smallest absolute Gasteiger partial charge is 0.262 e. The molecule has 1 aromatic heterocycles. The molecule has 152 valence electrons. The van der Waals surface area contributed by atoms with Crippen LogP contribution in [0, 0.1) is 10.7 Å². The van der Waals surface area contributed by atoms with Crippen molar-refractivity contribution >= 4 is 29.0 Å². The summed E-state index contributed by atoms with van der Waals surface area (Å²) in [5, 5.41) is 0.566. The summed E-state index contributed by atoms with van der Waals surface area (Å²) >= 11 is 5.43. The number of piperidine rings is 1. The van der Waals surface area contributed by atoms with Gasteiger partial charge in [-0.05, 0) is 62.3 Å². The Morgan fingerprint density at radius 1 is 1.32 bits per heavy atom. The van der Waals surface area contributed by atoms with Gasteiger partial charge < -0.3 is 14.8 Å². The van der Waals surface area contributed by atoms with E-state index in [0.717, 1.165) is 39.1 Å². The van der Waals surface area contributed by atoms with Gasteiger partial charge in [-0.1, -0.05) is 20.8 Å². The zero-order valence-electron chi connectivity index (χ0n) is 17.0. The van der Waals surface area contributed by atoms with Crippen LogP contribution in [0.2, 0.25) is 0 Å². The Hall–Kier alpha value is -1.99. The van der Waals surface area contributed by atoms with Gasteiger partial charge in [0.05, 0.1) is 10.9 Å². The molecule has 0 spiro atoms. The molecule has 1 atom stereocenters. The molecule has 1 N–H and O–H groups in total. The van der Waals surface area contributed by atoms with Crippen LogP contribution in [0.25, 0.3) is 10.9 Å². The molecule has 1 aliphatic heterocycles. The topological polar surface area (TPSA) is 61.3 Å². The van der Waals surface area contributed by atoms with Gasteiger partial charge in [0.15, 0.2) is 4.77 Å². The Bertz CT molecular complexity index is 961. The fraction of sp³-hybridized carbons (Fsp3) is 0.571. The minimum absolute atomic E-state index is 0.0264. The van der Waals surface area contributed by atoms with E-state index in [4.69, 9.17) is 12.2 Å². The van der Waals surface area contributed by atoms with Crippen molar-refractivity contribution in [3.63, 3.8) is 0 Å². The average molecular weight is 403 g/mol. The lowest BCUT2D eigenvalue weighted by Gasteiger charge is -2.31. The Morgan fingerprint density at radius 2 is 2.07 bits per heavy atom. The predicted molar refractivity (Wildman–Crippen MR) is 115 cm³/mol. The first-order valence-corrected chi connectivity index (χ1v) is 10.6. The molecule has 1 aromatic carbocycles. The highest BCUT2D eigenvalue weighted by atomic mass is 32.1. The number of fused-ring (bicyclic) bond motifs is 1. The number of amides is 1. The summed E-state index contributed by atoms with van der Waals surface area (Å²) in [4.78, 5) is 33.1. The van der Waals surface area contributed by atoms with Crippen molar-refractivity contribution in [1.82, 2.24) is 19.4 Å². The molecule has 1 saturated heterocycles. The molecule has 3 rings (SSSR count). The van der Waals surface area contributed by atoms with Crippen molar-refractivity contribution in [1.29, 1.82) is 0 Å². The number of H-pyrrole nitrogens is 1. The molecule has 6 nitrogen and oxygen atoms in total. The molecular formula is C21H30N4O2S. The number of nitrogens with zero attached hydrogens (tertiary/aromatic N) is 3. The lowest BCUT2D eigenvalue weighted by Crippen LogP contribution is -2.39. The largest absolute Gasteiger partial charge is 0.338 e. The first-order chi connectivity index (χ1) is 13.4. The number of carbonyl (C=O) groups excluding carboxylic acids is 1. The van der Waals surface area contributed by atoms with Gasteiger partial charge in [-0.25, -0.2) is 0 Å². The Balaban J connectivity index is 1.89. The van der Waals surface area contributed by atoms with E-state index in [9.17, 15) is 9.59 Å². The lowest BCUT2D eigenvalue weighted by molar-refractivity contribution is 0.0683. The van der Waals surface area contributed by atoms with Crippen molar-refractivity contribution < 1.29 is 4.79 Å². The van der Waals surface area contributed by atoms with E-state index < -0.39 is 0 Å². The van der Waals surface area contributed by atoms with Crippen LogP contribution in [0.3, 0.4) is 0 Å². The van der Waals surface area contributed by atoms with E-state index in [2.05, 4.69) is 30.7 Å². The molecular weight excluding hydrogens is 372 g/mol. The van der Waals surface area contributed by atoms with E-state index in [1.165, 1.54) is 6.42 Å². The molecule has 0 saturated carbocycles. The van der Waals surface area contributed by atoms with Crippen LogP contribution < -0.4 is 5.56 Å². The number of rotatable bonds is 6. The van der Waals surface area contributed by atoms with Gasteiger partial charge in [0.2, 0.25) is 0 Å². The maximum absolute atomic E-state index is 12.9. The number of likely N-dealkylation sites (N-methyl/N-ethyl adjacent to an activating group) is 1. The summed E-state index contributed by atoms with van der Waals surface area (Å²) in [5.41, 5.74) is 1.13. The first-order valence-electron chi connectivity index (χ1n) is 10.2. The minimum Gasteiger partial charge on any atom is -0.338 e. The number of carbonyl (C=O) groups is 1. The number of hydrogen-bond acceptors (Lipinski definition) is 4. The fourth-order valence-electron chi connectivity index (χ4n) is 3.93. The Morgan fingerprint density at radius 3 is 2.75 bits per heavy atom. The Kier molecular flexibility index (Phi) is 6.67. The highest BCUT2D eigenvalue weighted by molar-refractivity contribution is 7.71. The van der Waals surface area contributed by atoms with Crippen LogP contribution in [-0.4, -0.2) is 58.0 Å². The van der Waals surface area contributed by atoms with Crippen molar-refractivity contribution in [3.8, 4) is 0 Å². The molecule has 2 heterocycles. The van der Waals surface area contributed by atoms with Gasteiger partial charge in [0.25, 0.3) is 11.5 Å². The van der Waals surface area contributed by atoms with E-state index in [0.29, 0.717) is 33.7 Å². The number of nitrogens with one attached hydrogen (secondary N) is 1. The summed E-state index contributed by atoms with van der Waals surface area (Å²) in [6.07, 6.45) is 2.21. The third-order valence-electron chi connectivity index (χ3n) is 5.71. The van der Waals surface area contributed by atoms with Crippen LogP contribution in [0.15, 0.2) is 23.0 Å². The molecule has 28 heavy (non-hydrogen) atoms. The van der Waals surface area contributed by atoms with E-state index >= 15 is 0 Å². The summed E-state index contributed by atoms with van der Waals surface area (Å²) in [5.74, 6) is 0.556. The van der Waals surface area contributed by atoms with Crippen LogP contribution >= 0.6 is 12.2 Å². The second-order valence-electron chi connectivity index (χ2n) is 7.67. The SMILES string of the molecule is CCN(CC)CCn1c(=S)[nH]c2cc(C(=O)N3CCCC(C)C3)ccc2c1=O. The molecule has 0 radical (unpaired) electrons. The van der Waals surface area contributed by atoms with Crippen LogP contribution in [0.5, 0.6) is 0 Å². The Labute approximate surface area is 171 Å². The van der Waals surface area contributed by atoms with Crippen LogP contribution in [0.4, 0.5) is 0 Å². The van der Waals surface area contributed by atoms with Crippen molar-refractivity contribution in [2.75, 3.05) is 32.7 Å². The molecule has 1 unspecified atom stereocenters. The summed E-state index contributed by atoms with van der Waals surface area (Å²) in [6, 6.07) is 5.28. The fourth-order valence-corrected chi connectivity index (χ4v) is 4.21. The highest BCUT2D eigenvalue weighted by Crippen LogP contribution is 2.19. The van der Waals surface area contributed by atoms with Crippen LogP contribution in [-0.2, 0) is 6.54 Å². The van der Waals surface area contributed by atoms with Gasteiger partial charge in [-0.3, -0.25) is 14.2 Å². The predicted octanol–water partition coefficient (Wildman–Crippen LogP) is 3.27. The third kappa shape index (κ3) is 4.36. The van der Waals surface area contributed by atoms with Crippen molar-refractivity contribution in [3.05, 3.63) is 38.9 Å². The highest BCUT2D eigenvalue weighted by Gasteiger charge is 2.22. The normalized spacial score (nSPS) is 17.4. The van der Waals surface area contributed by atoms with Gasteiger partial charge in [0, 0.05) is 31.7 Å². The van der Waals surface area contributed by atoms with Crippen molar-refractivity contribution in [2.45, 2.75) is 40.2 Å². The van der Waals surface area contributed by atoms with Gasteiger partial charge in [0.1, 0.15) is 0 Å². The zero-order chi connectivity index (χ0) is 20.3. The van der Waals surface area contributed by atoms with Gasteiger partial charge in [-0.2, -0.15) is 0 Å². The molecule has 1 amide bonds. The maximum Gasteiger partial charge on any atom is 0.262 e. The molecule has 2 aromatic rings. The zero-order valence-corrected chi connectivity index (χ0v) is 17.8. The second-order valence-corrected chi connectivity index (χ2v) is 8.06. The number of aromatic nitrogens is 2. The lowest BCUT2D eigenvalue weighted by atomic mass is 9.99. The minimum atomic E-state index is -0.100. The molecule has 0 aliphatic carbocycles. The summed E-state index contributed by atoms with van der Waals surface area (Å²) in [6.45, 7) is 11.2. The molecule has 1 fully saturated rings. The van der Waals surface area contributed by atoms with E-state index in [-0.39, 0.29) is 11.5 Å². The molecule has 1 aliphatic rings. The third-order valence-corrected chi connectivity index (χ3v) is 6.03. The molecule has 7 heteroatoms. The number of hydrogen-bond donors (Lipinski definition) is 1. The van der Waals surface area contributed by atoms with Gasteiger partial charge in [-0.15, -0.1) is 0 Å². The van der Waals surface area contributed by atoms with E-state index in [1.54, 1.807) is 22.8 Å². The monoisotopic (exact) mass is 402 g/mol. The maximum atomic E-state index is 12.9. The number of aromatic amines is 1. The molecule has 0 bridgehead atoms. The number of likely N-dealkylation sites (tertiary alicyclic amines) is 1. The van der Waals surface area contributed by atoms with Crippen molar-refractivity contribution in [2.24, 2.45) is 5.92 Å². The summed E-state index contributed by atoms with van der Waals surface area (Å²) < 4.78 is 2.02. The van der Waals surface area contributed by atoms with E-state index in [1.807, 2.05) is 4.90 Å². The summed E-state index contributed by atoms with van der Waals surface area (Å²) in [7, 11) is 0. The van der Waals surface area contributed by atoms with Crippen LogP contribution in [0.1, 0.15) is 44.0 Å².